The topological polar surface area (TPSA) is 64.7 Å². The summed E-state index contributed by atoms with van der Waals surface area (Å²) in [7, 11) is 1.89. The van der Waals surface area contributed by atoms with Crippen LogP contribution in [0.15, 0.2) is 36.7 Å². The normalized spacial score (nSPS) is 12.2. The van der Waals surface area contributed by atoms with Crippen LogP contribution in [0.5, 0.6) is 0 Å². The van der Waals surface area contributed by atoms with Crippen molar-refractivity contribution < 1.29 is 4.79 Å². The Bertz CT molecular complexity index is 914. The van der Waals surface area contributed by atoms with Crippen molar-refractivity contribution >= 4 is 17.5 Å². The molecule has 0 aliphatic carbocycles. The minimum atomic E-state index is -0.228. The van der Waals surface area contributed by atoms with E-state index in [0.29, 0.717) is 10.6 Å². The molecule has 1 aromatic carbocycles. The summed E-state index contributed by atoms with van der Waals surface area (Å²) in [5.74, 6) is -0.228. The molecule has 1 N–H and O–H groups in total. The van der Waals surface area contributed by atoms with Gasteiger partial charge >= 0.3 is 0 Å². The van der Waals surface area contributed by atoms with E-state index in [4.69, 9.17) is 11.6 Å². The van der Waals surface area contributed by atoms with E-state index in [2.05, 4.69) is 15.5 Å². The fourth-order valence-corrected chi connectivity index (χ4v) is 3.22. The summed E-state index contributed by atoms with van der Waals surface area (Å²) in [6.07, 6.45) is 3.50. The van der Waals surface area contributed by atoms with Gasteiger partial charge < -0.3 is 5.32 Å². The Morgan fingerprint density at radius 3 is 2.68 bits per heavy atom. The third kappa shape index (κ3) is 3.30. The molecule has 2 aromatic heterocycles. The number of hydrogen-bond donors (Lipinski definition) is 1. The SMILES string of the molecule is Cc1nn(C)c(C)c1[C@H](C)NC(=O)c1cc(-n2cccn2)ccc1Cl. The lowest BCUT2D eigenvalue weighted by molar-refractivity contribution is 0.0940. The van der Waals surface area contributed by atoms with E-state index < -0.39 is 0 Å². The maximum Gasteiger partial charge on any atom is 0.253 e. The van der Waals surface area contributed by atoms with Crippen molar-refractivity contribution in [2.24, 2.45) is 7.05 Å². The number of aromatic nitrogens is 4. The summed E-state index contributed by atoms with van der Waals surface area (Å²) < 4.78 is 3.50. The highest BCUT2D eigenvalue weighted by Gasteiger charge is 2.20. The molecule has 0 saturated carbocycles. The van der Waals surface area contributed by atoms with Crippen LogP contribution in [0.3, 0.4) is 0 Å². The molecule has 0 fully saturated rings. The van der Waals surface area contributed by atoms with E-state index in [0.717, 1.165) is 22.6 Å². The summed E-state index contributed by atoms with van der Waals surface area (Å²) in [5.41, 5.74) is 4.16. The van der Waals surface area contributed by atoms with Crippen LogP contribution in [0, 0.1) is 13.8 Å². The monoisotopic (exact) mass is 357 g/mol. The van der Waals surface area contributed by atoms with E-state index in [1.54, 1.807) is 23.0 Å². The molecule has 0 radical (unpaired) electrons. The quantitative estimate of drug-likeness (QED) is 0.778. The smallest absolute Gasteiger partial charge is 0.253 e. The molecule has 1 amide bonds. The molecule has 3 rings (SSSR count). The van der Waals surface area contributed by atoms with Gasteiger partial charge in [0.25, 0.3) is 5.91 Å². The summed E-state index contributed by atoms with van der Waals surface area (Å²) in [5, 5.41) is 12.0. The summed E-state index contributed by atoms with van der Waals surface area (Å²) in [6.45, 7) is 5.87. The van der Waals surface area contributed by atoms with Crippen molar-refractivity contribution in [3.05, 3.63) is 64.2 Å². The first-order chi connectivity index (χ1) is 11.9. The Morgan fingerprint density at radius 1 is 1.32 bits per heavy atom. The third-order valence-electron chi connectivity index (χ3n) is 4.31. The van der Waals surface area contributed by atoms with Gasteiger partial charge in [-0.2, -0.15) is 10.2 Å². The standard InChI is InChI=1S/C18H20ClN5O/c1-11(17-12(2)22-23(4)13(17)3)21-18(25)15-10-14(6-7-16(15)19)24-9-5-8-20-24/h5-11H,1-4H3,(H,21,25)/t11-/m0/s1. The molecule has 3 aromatic rings. The minimum absolute atomic E-state index is 0.175. The molecule has 0 aliphatic rings. The zero-order valence-electron chi connectivity index (χ0n) is 14.6. The van der Waals surface area contributed by atoms with E-state index >= 15 is 0 Å². The van der Waals surface area contributed by atoms with E-state index in [-0.39, 0.29) is 11.9 Å². The van der Waals surface area contributed by atoms with E-state index in [1.165, 1.54) is 0 Å². The van der Waals surface area contributed by atoms with Gasteiger partial charge in [0.15, 0.2) is 0 Å². The van der Waals surface area contributed by atoms with E-state index in [1.807, 2.05) is 50.8 Å². The number of amides is 1. The number of nitrogens with one attached hydrogen (secondary N) is 1. The number of rotatable bonds is 4. The number of hydrogen-bond acceptors (Lipinski definition) is 3. The lowest BCUT2D eigenvalue weighted by atomic mass is 10.1. The molecule has 0 saturated heterocycles. The van der Waals surface area contributed by atoms with Crippen LogP contribution >= 0.6 is 11.6 Å². The van der Waals surface area contributed by atoms with E-state index in [9.17, 15) is 4.79 Å². The van der Waals surface area contributed by atoms with Crippen molar-refractivity contribution in [3.8, 4) is 5.69 Å². The second-order valence-corrected chi connectivity index (χ2v) is 6.43. The van der Waals surface area contributed by atoms with Gasteiger partial charge in [-0.15, -0.1) is 0 Å². The number of benzene rings is 1. The lowest BCUT2D eigenvalue weighted by Gasteiger charge is -2.16. The van der Waals surface area contributed by atoms with Crippen molar-refractivity contribution in [3.63, 3.8) is 0 Å². The third-order valence-corrected chi connectivity index (χ3v) is 4.64. The zero-order valence-corrected chi connectivity index (χ0v) is 15.4. The molecule has 6 nitrogen and oxygen atoms in total. The van der Waals surface area contributed by atoms with Crippen LogP contribution in [0.25, 0.3) is 5.69 Å². The number of nitrogens with zero attached hydrogens (tertiary/aromatic N) is 4. The van der Waals surface area contributed by atoms with Crippen molar-refractivity contribution in [2.75, 3.05) is 0 Å². The highest BCUT2D eigenvalue weighted by atomic mass is 35.5. The van der Waals surface area contributed by atoms with Crippen LogP contribution in [0.1, 0.15) is 40.3 Å². The van der Waals surface area contributed by atoms with Crippen molar-refractivity contribution in [1.82, 2.24) is 24.9 Å². The second-order valence-electron chi connectivity index (χ2n) is 6.02. The predicted octanol–water partition coefficient (Wildman–Crippen LogP) is 3.37. The van der Waals surface area contributed by atoms with Gasteiger partial charge in [-0.05, 0) is 45.0 Å². The Labute approximate surface area is 151 Å². The average Bonchev–Trinajstić information content (AvgIpc) is 3.17. The lowest BCUT2D eigenvalue weighted by Crippen LogP contribution is -2.27. The van der Waals surface area contributed by atoms with Gasteiger partial charge in [-0.25, -0.2) is 4.68 Å². The fraction of sp³-hybridized carbons (Fsp3) is 0.278. The molecule has 7 heteroatoms. The van der Waals surface area contributed by atoms with Crippen LogP contribution in [-0.2, 0) is 7.05 Å². The summed E-state index contributed by atoms with van der Waals surface area (Å²) in [4.78, 5) is 12.7. The molecular weight excluding hydrogens is 338 g/mol. The highest BCUT2D eigenvalue weighted by Crippen LogP contribution is 2.23. The number of aryl methyl sites for hydroxylation is 2. The molecule has 0 spiro atoms. The molecule has 0 aliphatic heterocycles. The molecule has 0 bridgehead atoms. The average molecular weight is 358 g/mol. The van der Waals surface area contributed by atoms with Gasteiger partial charge in [-0.3, -0.25) is 9.48 Å². The number of carbonyl (C=O) groups is 1. The van der Waals surface area contributed by atoms with Gasteiger partial charge in [0, 0.05) is 30.7 Å². The van der Waals surface area contributed by atoms with Crippen LogP contribution in [-0.4, -0.2) is 25.5 Å². The predicted molar refractivity (Wildman–Crippen MR) is 97.1 cm³/mol. The Kier molecular flexibility index (Phi) is 4.63. The van der Waals surface area contributed by atoms with Crippen LogP contribution < -0.4 is 5.32 Å². The molecule has 2 heterocycles. The number of carbonyl (C=O) groups excluding carboxylic acids is 1. The maximum atomic E-state index is 12.7. The molecular formula is C18H20ClN5O. The molecule has 0 unspecified atom stereocenters. The highest BCUT2D eigenvalue weighted by molar-refractivity contribution is 6.33. The minimum Gasteiger partial charge on any atom is -0.345 e. The Hall–Kier alpha value is -2.60. The van der Waals surface area contributed by atoms with Gasteiger partial charge in [0.05, 0.1) is 28.0 Å². The number of halogens is 1. The van der Waals surface area contributed by atoms with Crippen molar-refractivity contribution in [2.45, 2.75) is 26.8 Å². The Morgan fingerprint density at radius 2 is 2.08 bits per heavy atom. The molecule has 1 atom stereocenters. The first kappa shape index (κ1) is 17.2. The first-order valence-electron chi connectivity index (χ1n) is 7.99. The molecule has 25 heavy (non-hydrogen) atoms. The van der Waals surface area contributed by atoms with Gasteiger partial charge in [0.2, 0.25) is 0 Å². The Balaban J connectivity index is 1.87. The first-order valence-corrected chi connectivity index (χ1v) is 8.36. The van der Waals surface area contributed by atoms with Gasteiger partial charge in [-0.1, -0.05) is 11.6 Å². The second kappa shape index (κ2) is 6.72. The van der Waals surface area contributed by atoms with Crippen LogP contribution in [0.4, 0.5) is 0 Å². The van der Waals surface area contributed by atoms with Gasteiger partial charge in [0.1, 0.15) is 0 Å². The van der Waals surface area contributed by atoms with Crippen molar-refractivity contribution in [1.29, 1.82) is 0 Å². The largest absolute Gasteiger partial charge is 0.345 e. The summed E-state index contributed by atoms with van der Waals surface area (Å²) >= 11 is 6.24. The summed E-state index contributed by atoms with van der Waals surface area (Å²) in [6, 6.07) is 6.92. The maximum absolute atomic E-state index is 12.7. The fourth-order valence-electron chi connectivity index (χ4n) is 3.01. The molecule has 130 valence electrons. The zero-order chi connectivity index (χ0) is 18.1. The van der Waals surface area contributed by atoms with Crippen LogP contribution in [0.2, 0.25) is 5.02 Å².